The van der Waals surface area contributed by atoms with Crippen LogP contribution < -0.4 is 5.32 Å². The van der Waals surface area contributed by atoms with Gasteiger partial charge in [0.15, 0.2) is 0 Å². The molecule has 5 nitrogen and oxygen atoms in total. The van der Waals surface area contributed by atoms with E-state index in [9.17, 15) is 9.59 Å². The van der Waals surface area contributed by atoms with E-state index in [1.54, 1.807) is 18.3 Å². The third-order valence-corrected chi connectivity index (χ3v) is 4.47. The molecule has 0 saturated heterocycles. The maximum Gasteiger partial charge on any atom is 0.339 e. The van der Waals surface area contributed by atoms with Crippen LogP contribution in [-0.4, -0.2) is 30.5 Å². The number of esters is 1. The Bertz CT molecular complexity index is 659. The number of nitrogens with one attached hydrogen (secondary N) is 2. The van der Waals surface area contributed by atoms with E-state index in [2.05, 4.69) is 10.3 Å². The normalized spacial score (nSPS) is 10.5. The predicted octanol–water partition coefficient (Wildman–Crippen LogP) is 2.71. The van der Waals surface area contributed by atoms with E-state index in [1.807, 2.05) is 24.4 Å². The number of rotatable bonds is 6. The summed E-state index contributed by atoms with van der Waals surface area (Å²) in [5.74, 6) is -0.609. The summed E-state index contributed by atoms with van der Waals surface area (Å²) in [6, 6.07) is 4.04. The summed E-state index contributed by atoms with van der Waals surface area (Å²) in [5.41, 5.74) is 2.27. The van der Waals surface area contributed by atoms with Gasteiger partial charge in [-0.15, -0.1) is 11.3 Å². The molecule has 118 valence electrons. The smallest absolute Gasteiger partial charge is 0.339 e. The van der Waals surface area contributed by atoms with Crippen molar-refractivity contribution in [3.05, 3.63) is 44.9 Å². The van der Waals surface area contributed by atoms with Gasteiger partial charge in [-0.1, -0.05) is 13.0 Å². The highest BCUT2D eigenvalue weighted by Crippen LogP contribution is 2.20. The van der Waals surface area contributed by atoms with Gasteiger partial charge in [-0.25, -0.2) is 4.79 Å². The molecule has 0 saturated carbocycles. The summed E-state index contributed by atoms with van der Waals surface area (Å²) in [6.45, 7) is 4.25. The molecule has 0 bridgehead atoms. The Kier molecular flexibility index (Phi) is 5.38. The Morgan fingerprint density at radius 3 is 2.77 bits per heavy atom. The van der Waals surface area contributed by atoms with Gasteiger partial charge in [0.2, 0.25) is 0 Å². The van der Waals surface area contributed by atoms with E-state index < -0.39 is 5.97 Å². The fourth-order valence-corrected chi connectivity index (χ4v) is 3.08. The number of carbonyl (C=O) groups excluding carboxylic acids is 2. The number of aromatic amines is 1. The number of H-pyrrole nitrogens is 1. The number of amides is 1. The average molecular weight is 320 g/mol. The molecular formula is C16H20N2O3S. The fourth-order valence-electron chi connectivity index (χ4n) is 2.37. The van der Waals surface area contributed by atoms with Gasteiger partial charge in [0, 0.05) is 17.1 Å². The summed E-state index contributed by atoms with van der Waals surface area (Å²) in [6.07, 6.45) is 1.43. The first-order chi connectivity index (χ1) is 10.6. The second-order valence-corrected chi connectivity index (χ2v) is 5.94. The summed E-state index contributed by atoms with van der Waals surface area (Å²) in [7, 11) is 1.34. The molecule has 0 aliphatic heterocycles. The number of aromatic nitrogens is 1. The number of hydrogen-bond donors (Lipinski definition) is 2. The van der Waals surface area contributed by atoms with Crippen LogP contribution in [0.15, 0.2) is 17.5 Å². The highest BCUT2D eigenvalue weighted by molar-refractivity contribution is 7.09. The molecular weight excluding hydrogens is 300 g/mol. The number of carbonyl (C=O) groups is 2. The molecule has 0 atom stereocenters. The van der Waals surface area contributed by atoms with Gasteiger partial charge in [-0.3, -0.25) is 4.79 Å². The van der Waals surface area contributed by atoms with Crippen LogP contribution in [0.1, 0.15) is 43.9 Å². The molecule has 2 aromatic heterocycles. The maximum absolute atomic E-state index is 12.3. The predicted molar refractivity (Wildman–Crippen MR) is 86.6 cm³/mol. The lowest BCUT2D eigenvalue weighted by Crippen LogP contribution is -2.26. The van der Waals surface area contributed by atoms with Crippen molar-refractivity contribution in [3.63, 3.8) is 0 Å². The van der Waals surface area contributed by atoms with Gasteiger partial charge in [0.25, 0.3) is 5.91 Å². The zero-order valence-corrected chi connectivity index (χ0v) is 13.8. The number of hydrogen-bond acceptors (Lipinski definition) is 4. The molecule has 2 N–H and O–H groups in total. The molecule has 2 rings (SSSR count). The van der Waals surface area contributed by atoms with Gasteiger partial charge >= 0.3 is 5.97 Å². The van der Waals surface area contributed by atoms with Crippen molar-refractivity contribution in [2.45, 2.75) is 26.7 Å². The molecule has 2 heterocycles. The van der Waals surface area contributed by atoms with Crippen LogP contribution >= 0.6 is 11.3 Å². The lowest BCUT2D eigenvalue weighted by atomic mass is 10.1. The van der Waals surface area contributed by atoms with Gasteiger partial charge in [0.1, 0.15) is 5.69 Å². The zero-order chi connectivity index (χ0) is 16.1. The molecule has 6 heteroatoms. The van der Waals surface area contributed by atoms with Crippen molar-refractivity contribution >= 4 is 23.2 Å². The molecule has 0 unspecified atom stereocenters. The zero-order valence-electron chi connectivity index (χ0n) is 13.0. The van der Waals surface area contributed by atoms with Crippen molar-refractivity contribution < 1.29 is 14.3 Å². The molecule has 0 radical (unpaired) electrons. The Labute approximate surface area is 133 Å². The van der Waals surface area contributed by atoms with E-state index >= 15 is 0 Å². The van der Waals surface area contributed by atoms with Gasteiger partial charge < -0.3 is 15.0 Å². The van der Waals surface area contributed by atoms with Gasteiger partial charge in [-0.05, 0) is 36.8 Å². The average Bonchev–Trinajstić information content (AvgIpc) is 3.14. The third-order valence-electron chi connectivity index (χ3n) is 3.53. The van der Waals surface area contributed by atoms with E-state index in [1.165, 1.54) is 12.0 Å². The first kappa shape index (κ1) is 16.3. The van der Waals surface area contributed by atoms with Crippen molar-refractivity contribution in [2.24, 2.45) is 0 Å². The number of thiophene rings is 1. The topological polar surface area (TPSA) is 71.2 Å². The fraction of sp³-hybridized carbons (Fsp3) is 0.375. The van der Waals surface area contributed by atoms with Gasteiger partial charge in [0.05, 0.1) is 12.7 Å². The maximum atomic E-state index is 12.3. The molecule has 0 aliphatic carbocycles. The van der Waals surface area contributed by atoms with Crippen molar-refractivity contribution in [1.82, 2.24) is 10.3 Å². The minimum Gasteiger partial charge on any atom is -0.465 e. The van der Waals surface area contributed by atoms with Crippen LogP contribution in [0, 0.1) is 6.92 Å². The van der Waals surface area contributed by atoms with Crippen molar-refractivity contribution in [1.29, 1.82) is 0 Å². The Morgan fingerprint density at radius 2 is 2.18 bits per heavy atom. The summed E-state index contributed by atoms with van der Waals surface area (Å²) < 4.78 is 4.79. The lowest BCUT2D eigenvalue weighted by molar-refractivity contribution is 0.0599. The Hall–Kier alpha value is -2.08. The number of methoxy groups -OCH3 is 1. The third kappa shape index (κ3) is 3.39. The van der Waals surface area contributed by atoms with E-state index in [4.69, 9.17) is 4.74 Å². The Balaban J connectivity index is 2.09. The second kappa shape index (κ2) is 7.26. The first-order valence-electron chi connectivity index (χ1n) is 7.18. The summed E-state index contributed by atoms with van der Waals surface area (Å²) in [5, 5.41) is 4.90. The van der Waals surface area contributed by atoms with Crippen LogP contribution in [0.3, 0.4) is 0 Å². The van der Waals surface area contributed by atoms with Crippen LogP contribution in [0.25, 0.3) is 0 Å². The summed E-state index contributed by atoms with van der Waals surface area (Å²) >= 11 is 1.67. The highest BCUT2D eigenvalue weighted by Gasteiger charge is 2.23. The number of ether oxygens (including phenoxy) is 1. The van der Waals surface area contributed by atoms with E-state index in [0.29, 0.717) is 29.8 Å². The molecule has 1 amide bonds. The van der Waals surface area contributed by atoms with Crippen molar-refractivity contribution in [2.75, 3.05) is 13.7 Å². The molecule has 2 aromatic rings. The molecule has 0 spiro atoms. The van der Waals surface area contributed by atoms with Gasteiger partial charge in [-0.2, -0.15) is 0 Å². The monoisotopic (exact) mass is 320 g/mol. The second-order valence-electron chi connectivity index (χ2n) is 4.91. The highest BCUT2D eigenvalue weighted by atomic mass is 32.1. The lowest BCUT2D eigenvalue weighted by Gasteiger charge is -2.04. The largest absolute Gasteiger partial charge is 0.465 e. The van der Waals surface area contributed by atoms with Crippen LogP contribution in [0.2, 0.25) is 0 Å². The Morgan fingerprint density at radius 1 is 1.41 bits per heavy atom. The molecule has 0 aromatic carbocycles. The summed E-state index contributed by atoms with van der Waals surface area (Å²) in [4.78, 5) is 28.4. The molecule has 22 heavy (non-hydrogen) atoms. The van der Waals surface area contributed by atoms with Crippen LogP contribution in [0.5, 0.6) is 0 Å². The minimum atomic E-state index is -0.414. The standard InChI is InChI=1S/C16H20N2O3S/c1-4-12-13(16(20)21-3)10(2)14(18-12)15(19)17-8-7-11-6-5-9-22-11/h5-6,9,18H,4,7-8H2,1-3H3,(H,17,19). The molecule has 0 fully saturated rings. The first-order valence-corrected chi connectivity index (χ1v) is 8.06. The minimum absolute atomic E-state index is 0.195. The quantitative estimate of drug-likeness (QED) is 0.804. The van der Waals surface area contributed by atoms with E-state index in [0.717, 1.165) is 12.1 Å². The number of aryl methyl sites for hydroxylation is 1. The van der Waals surface area contributed by atoms with Crippen molar-refractivity contribution in [3.8, 4) is 0 Å². The molecule has 0 aliphatic rings. The van der Waals surface area contributed by atoms with Crippen LogP contribution in [0.4, 0.5) is 0 Å². The SMILES string of the molecule is CCc1[nH]c(C(=O)NCCc2cccs2)c(C)c1C(=O)OC. The van der Waals surface area contributed by atoms with E-state index in [-0.39, 0.29) is 5.91 Å². The van der Waals surface area contributed by atoms with Crippen LogP contribution in [-0.2, 0) is 17.6 Å².